The first-order chi connectivity index (χ1) is 10.1. The van der Waals surface area contributed by atoms with Crippen LogP contribution in [0.4, 0.5) is 0 Å². The van der Waals surface area contributed by atoms with Gasteiger partial charge in [0.1, 0.15) is 5.75 Å². The van der Waals surface area contributed by atoms with Crippen LogP contribution in [-0.2, 0) is 16.1 Å². The Morgan fingerprint density at radius 2 is 2.19 bits per heavy atom. The molecule has 2 rings (SSSR count). The Kier molecular flexibility index (Phi) is 7.25. The molecule has 1 aliphatic rings. The van der Waals surface area contributed by atoms with E-state index in [-0.39, 0.29) is 12.4 Å². The van der Waals surface area contributed by atoms with Crippen molar-refractivity contribution in [2.75, 3.05) is 26.7 Å². The molecular formula is C15H22N2O4. The van der Waals surface area contributed by atoms with Gasteiger partial charge in [-0.2, -0.15) is 0 Å². The minimum atomic E-state index is -0.250. The van der Waals surface area contributed by atoms with E-state index in [0.717, 1.165) is 37.4 Å². The zero-order valence-corrected chi connectivity index (χ0v) is 12.5. The molecule has 6 heteroatoms. The van der Waals surface area contributed by atoms with Crippen LogP contribution in [0.15, 0.2) is 18.2 Å². The molecule has 116 valence electrons. The standard InChI is InChI=1S/C14H20N2O2.CH2O2/c1-11-4-5-12(13(8-11)18-2)9-16-7-3-6-15-14(17)10-16;2-1-3/h4-5,8H,3,6-7,9-10H2,1-2H3,(H,15,17);1H,(H,2,3). The molecule has 0 radical (unpaired) electrons. The van der Waals surface area contributed by atoms with Crippen LogP contribution < -0.4 is 10.1 Å². The molecular weight excluding hydrogens is 272 g/mol. The van der Waals surface area contributed by atoms with Crippen LogP contribution in [0.25, 0.3) is 0 Å². The summed E-state index contributed by atoms with van der Waals surface area (Å²) in [6.45, 7) is 4.75. The molecule has 0 aromatic heterocycles. The molecule has 1 aliphatic heterocycles. The van der Waals surface area contributed by atoms with E-state index in [4.69, 9.17) is 14.6 Å². The van der Waals surface area contributed by atoms with Gasteiger partial charge in [0.25, 0.3) is 6.47 Å². The van der Waals surface area contributed by atoms with E-state index in [9.17, 15) is 4.79 Å². The van der Waals surface area contributed by atoms with Crippen molar-refractivity contribution >= 4 is 12.4 Å². The van der Waals surface area contributed by atoms with Crippen molar-refractivity contribution in [3.8, 4) is 5.75 Å². The first-order valence-corrected chi connectivity index (χ1v) is 6.81. The minimum absolute atomic E-state index is 0.110. The highest BCUT2D eigenvalue weighted by Gasteiger charge is 2.16. The summed E-state index contributed by atoms with van der Waals surface area (Å²) < 4.78 is 5.40. The Hall–Kier alpha value is -2.08. The average Bonchev–Trinajstić information content (AvgIpc) is 2.66. The second-order valence-electron chi connectivity index (χ2n) is 4.83. The molecule has 0 bridgehead atoms. The van der Waals surface area contributed by atoms with Crippen molar-refractivity contribution in [3.05, 3.63) is 29.3 Å². The zero-order valence-electron chi connectivity index (χ0n) is 12.5. The molecule has 1 heterocycles. The maximum atomic E-state index is 11.5. The molecule has 1 aromatic rings. The van der Waals surface area contributed by atoms with Gasteiger partial charge in [0.05, 0.1) is 13.7 Å². The lowest BCUT2D eigenvalue weighted by molar-refractivity contribution is -0.123. The van der Waals surface area contributed by atoms with Crippen LogP contribution in [0.2, 0.25) is 0 Å². The molecule has 1 fully saturated rings. The maximum Gasteiger partial charge on any atom is 0.290 e. The highest BCUT2D eigenvalue weighted by Crippen LogP contribution is 2.21. The van der Waals surface area contributed by atoms with Crippen molar-refractivity contribution in [1.82, 2.24) is 10.2 Å². The molecule has 1 aromatic carbocycles. The zero-order chi connectivity index (χ0) is 15.7. The first kappa shape index (κ1) is 17.0. The van der Waals surface area contributed by atoms with Crippen molar-refractivity contribution in [3.63, 3.8) is 0 Å². The Balaban J connectivity index is 0.000000677. The van der Waals surface area contributed by atoms with E-state index in [1.165, 1.54) is 5.56 Å². The summed E-state index contributed by atoms with van der Waals surface area (Å²) in [5.74, 6) is 1.01. The van der Waals surface area contributed by atoms with Gasteiger partial charge >= 0.3 is 0 Å². The number of hydrogen-bond donors (Lipinski definition) is 2. The summed E-state index contributed by atoms with van der Waals surface area (Å²) in [5, 5.41) is 9.78. The minimum Gasteiger partial charge on any atom is -0.496 e. The van der Waals surface area contributed by atoms with Gasteiger partial charge in [0, 0.05) is 25.2 Å². The molecule has 1 saturated heterocycles. The number of rotatable bonds is 3. The number of amides is 1. The number of nitrogens with one attached hydrogen (secondary N) is 1. The van der Waals surface area contributed by atoms with Gasteiger partial charge in [-0.15, -0.1) is 0 Å². The molecule has 0 unspecified atom stereocenters. The molecule has 0 aliphatic carbocycles. The number of aryl methyl sites for hydroxylation is 1. The lowest BCUT2D eigenvalue weighted by Gasteiger charge is -2.20. The number of carbonyl (C=O) groups is 2. The van der Waals surface area contributed by atoms with Crippen LogP contribution in [0.1, 0.15) is 17.5 Å². The third-order valence-corrected chi connectivity index (χ3v) is 3.18. The van der Waals surface area contributed by atoms with Gasteiger partial charge in [-0.1, -0.05) is 12.1 Å². The molecule has 2 N–H and O–H groups in total. The Labute approximate surface area is 124 Å². The lowest BCUT2D eigenvalue weighted by Crippen LogP contribution is -2.32. The SMILES string of the molecule is COc1cc(C)ccc1CN1CCCNC(=O)C1.O=CO. The predicted octanol–water partition coefficient (Wildman–Crippen LogP) is 1.03. The van der Waals surface area contributed by atoms with E-state index in [1.807, 2.05) is 13.0 Å². The van der Waals surface area contributed by atoms with Crippen LogP contribution in [-0.4, -0.2) is 49.1 Å². The fourth-order valence-electron chi connectivity index (χ4n) is 2.23. The monoisotopic (exact) mass is 294 g/mol. The summed E-state index contributed by atoms with van der Waals surface area (Å²) in [4.78, 5) is 22.0. The maximum absolute atomic E-state index is 11.5. The van der Waals surface area contributed by atoms with Crippen LogP contribution in [0.3, 0.4) is 0 Å². The van der Waals surface area contributed by atoms with E-state index >= 15 is 0 Å². The third kappa shape index (κ3) is 5.83. The Morgan fingerprint density at radius 1 is 1.48 bits per heavy atom. The van der Waals surface area contributed by atoms with Crippen molar-refractivity contribution in [2.24, 2.45) is 0 Å². The molecule has 0 spiro atoms. The summed E-state index contributed by atoms with van der Waals surface area (Å²) in [6.07, 6.45) is 1.000. The number of nitrogens with zero attached hydrogens (tertiary/aromatic N) is 1. The molecule has 21 heavy (non-hydrogen) atoms. The number of carbonyl (C=O) groups excluding carboxylic acids is 1. The highest BCUT2D eigenvalue weighted by molar-refractivity contribution is 5.78. The predicted molar refractivity (Wildman–Crippen MR) is 79.3 cm³/mol. The number of hydrogen-bond acceptors (Lipinski definition) is 4. The highest BCUT2D eigenvalue weighted by atomic mass is 16.5. The van der Waals surface area contributed by atoms with Crippen LogP contribution >= 0.6 is 0 Å². The quantitative estimate of drug-likeness (QED) is 0.814. The van der Waals surface area contributed by atoms with Crippen molar-refractivity contribution in [1.29, 1.82) is 0 Å². The second-order valence-corrected chi connectivity index (χ2v) is 4.83. The van der Waals surface area contributed by atoms with Crippen molar-refractivity contribution < 1.29 is 19.4 Å². The molecule has 1 amide bonds. The van der Waals surface area contributed by atoms with E-state index in [2.05, 4.69) is 22.3 Å². The fraction of sp³-hybridized carbons (Fsp3) is 0.467. The molecule has 0 saturated carbocycles. The number of benzene rings is 1. The van der Waals surface area contributed by atoms with Gasteiger partial charge in [-0.05, 0) is 25.0 Å². The third-order valence-electron chi connectivity index (χ3n) is 3.18. The van der Waals surface area contributed by atoms with Gasteiger partial charge in [0.2, 0.25) is 5.91 Å². The topological polar surface area (TPSA) is 78.9 Å². The normalized spacial score (nSPS) is 15.2. The lowest BCUT2D eigenvalue weighted by atomic mass is 10.1. The van der Waals surface area contributed by atoms with Crippen LogP contribution in [0.5, 0.6) is 5.75 Å². The van der Waals surface area contributed by atoms with Gasteiger partial charge in [-0.3, -0.25) is 14.5 Å². The smallest absolute Gasteiger partial charge is 0.290 e. The first-order valence-electron chi connectivity index (χ1n) is 6.81. The second kappa shape index (κ2) is 8.97. The number of carboxylic acid groups (broad SMARTS) is 1. The van der Waals surface area contributed by atoms with Crippen LogP contribution in [0, 0.1) is 6.92 Å². The van der Waals surface area contributed by atoms with E-state index < -0.39 is 0 Å². The number of ether oxygens (including phenoxy) is 1. The molecule has 6 nitrogen and oxygen atoms in total. The van der Waals surface area contributed by atoms with Crippen molar-refractivity contribution in [2.45, 2.75) is 19.9 Å². The fourth-order valence-corrected chi connectivity index (χ4v) is 2.23. The average molecular weight is 294 g/mol. The Morgan fingerprint density at radius 3 is 2.86 bits per heavy atom. The summed E-state index contributed by atoms with van der Waals surface area (Å²) in [5.41, 5.74) is 2.32. The molecule has 0 atom stereocenters. The number of methoxy groups -OCH3 is 1. The largest absolute Gasteiger partial charge is 0.496 e. The van der Waals surface area contributed by atoms with Gasteiger partial charge < -0.3 is 15.2 Å². The summed E-state index contributed by atoms with van der Waals surface area (Å²) in [6, 6.07) is 6.19. The van der Waals surface area contributed by atoms with E-state index in [0.29, 0.717) is 6.54 Å². The Bertz CT molecular complexity index is 477. The summed E-state index contributed by atoms with van der Waals surface area (Å²) >= 11 is 0. The summed E-state index contributed by atoms with van der Waals surface area (Å²) in [7, 11) is 1.69. The van der Waals surface area contributed by atoms with Gasteiger partial charge in [-0.25, -0.2) is 0 Å². The van der Waals surface area contributed by atoms with E-state index in [1.54, 1.807) is 7.11 Å². The van der Waals surface area contributed by atoms with Gasteiger partial charge in [0.15, 0.2) is 0 Å².